The van der Waals surface area contributed by atoms with E-state index in [4.69, 9.17) is 16.3 Å². The smallest absolute Gasteiger partial charge is 0.343 e. The van der Waals surface area contributed by atoms with Crippen LogP contribution in [0.2, 0.25) is 5.02 Å². The predicted molar refractivity (Wildman–Crippen MR) is 106 cm³/mol. The number of halogens is 3. The first-order chi connectivity index (χ1) is 14.3. The van der Waals surface area contributed by atoms with Gasteiger partial charge in [-0.25, -0.2) is 18.4 Å². The Bertz CT molecular complexity index is 1080. The fourth-order valence-corrected chi connectivity index (χ4v) is 2.53. The average Bonchev–Trinajstić information content (AvgIpc) is 2.69. The van der Waals surface area contributed by atoms with E-state index in [0.717, 1.165) is 18.2 Å². The van der Waals surface area contributed by atoms with Crippen molar-refractivity contribution in [2.75, 3.05) is 5.32 Å². The molecule has 3 aromatic rings. The van der Waals surface area contributed by atoms with Gasteiger partial charge in [-0.2, -0.15) is 0 Å². The molecule has 9 heteroatoms. The van der Waals surface area contributed by atoms with Crippen molar-refractivity contribution in [3.63, 3.8) is 0 Å². The van der Waals surface area contributed by atoms with Gasteiger partial charge in [-0.15, -0.1) is 0 Å². The molecule has 0 radical (unpaired) electrons. The summed E-state index contributed by atoms with van der Waals surface area (Å²) in [4.78, 5) is 35.9. The number of anilines is 1. The second kappa shape index (κ2) is 9.15. The molecule has 0 saturated heterocycles. The van der Waals surface area contributed by atoms with Crippen LogP contribution in [0.5, 0.6) is 5.75 Å². The van der Waals surface area contributed by atoms with Gasteiger partial charge in [0, 0.05) is 10.7 Å². The van der Waals surface area contributed by atoms with Crippen molar-refractivity contribution in [1.29, 1.82) is 0 Å². The first-order valence-corrected chi connectivity index (χ1v) is 8.85. The van der Waals surface area contributed by atoms with E-state index < -0.39 is 35.1 Å². The Morgan fingerprint density at radius 2 is 1.43 bits per heavy atom. The molecule has 0 aliphatic rings. The van der Waals surface area contributed by atoms with E-state index in [1.807, 2.05) is 5.32 Å². The van der Waals surface area contributed by atoms with Crippen LogP contribution >= 0.6 is 11.6 Å². The van der Waals surface area contributed by atoms with Crippen molar-refractivity contribution in [2.45, 2.75) is 0 Å². The average molecular weight is 431 g/mol. The lowest BCUT2D eigenvalue weighted by atomic mass is 10.2. The lowest BCUT2D eigenvalue weighted by molar-refractivity contribution is 0.0734. The van der Waals surface area contributed by atoms with E-state index in [9.17, 15) is 23.2 Å². The highest BCUT2D eigenvalue weighted by Crippen LogP contribution is 2.18. The molecule has 0 aliphatic heterocycles. The Morgan fingerprint density at radius 1 is 0.833 bits per heavy atom. The number of esters is 1. The number of carbonyl (C=O) groups excluding carboxylic acids is 3. The molecule has 0 spiro atoms. The molecule has 6 nitrogen and oxygen atoms in total. The Balaban J connectivity index is 1.58. The maximum atomic E-state index is 13.6. The van der Waals surface area contributed by atoms with Crippen molar-refractivity contribution in [3.8, 4) is 5.75 Å². The third kappa shape index (κ3) is 5.18. The minimum absolute atomic E-state index is 0.213. The number of amides is 3. The Morgan fingerprint density at radius 3 is 2.03 bits per heavy atom. The third-order valence-corrected chi connectivity index (χ3v) is 4.07. The van der Waals surface area contributed by atoms with E-state index in [1.165, 1.54) is 36.4 Å². The summed E-state index contributed by atoms with van der Waals surface area (Å²) in [6, 6.07) is 13.7. The number of ether oxygens (including phenoxy) is 1. The van der Waals surface area contributed by atoms with Gasteiger partial charge in [0.05, 0.1) is 5.56 Å². The Labute approximate surface area is 174 Å². The Kier molecular flexibility index (Phi) is 6.38. The van der Waals surface area contributed by atoms with Gasteiger partial charge in [0.1, 0.15) is 22.9 Å². The summed E-state index contributed by atoms with van der Waals surface area (Å²) in [7, 11) is 0. The number of benzene rings is 3. The van der Waals surface area contributed by atoms with E-state index in [1.54, 1.807) is 12.1 Å². The molecule has 0 bridgehead atoms. The first kappa shape index (κ1) is 20.9. The molecular weight excluding hydrogens is 418 g/mol. The van der Waals surface area contributed by atoms with Crippen LogP contribution in [0.15, 0.2) is 66.7 Å². The number of hydrogen-bond donors (Lipinski definition) is 2. The molecule has 0 fully saturated rings. The molecule has 0 atom stereocenters. The number of carbonyl (C=O) groups is 3. The van der Waals surface area contributed by atoms with Gasteiger partial charge >= 0.3 is 12.0 Å². The molecule has 0 aromatic heterocycles. The summed E-state index contributed by atoms with van der Waals surface area (Å²) in [6.07, 6.45) is 0. The zero-order valence-electron chi connectivity index (χ0n) is 15.1. The highest BCUT2D eigenvalue weighted by Gasteiger charge is 2.19. The monoisotopic (exact) mass is 430 g/mol. The van der Waals surface area contributed by atoms with E-state index in [2.05, 4.69) is 5.32 Å². The Hall–Kier alpha value is -3.78. The molecule has 3 rings (SSSR count). The molecule has 0 saturated carbocycles. The highest BCUT2D eigenvalue weighted by molar-refractivity contribution is 6.30. The van der Waals surface area contributed by atoms with Crippen molar-refractivity contribution in [2.24, 2.45) is 0 Å². The fraction of sp³-hybridized carbons (Fsp3) is 0. The van der Waals surface area contributed by atoms with Crippen LogP contribution in [0, 0.1) is 11.6 Å². The normalized spacial score (nSPS) is 10.2. The van der Waals surface area contributed by atoms with Crippen molar-refractivity contribution >= 4 is 35.2 Å². The molecule has 0 unspecified atom stereocenters. The topological polar surface area (TPSA) is 84.5 Å². The zero-order chi connectivity index (χ0) is 21.7. The van der Waals surface area contributed by atoms with Gasteiger partial charge in [0.2, 0.25) is 0 Å². The minimum atomic E-state index is -1.23. The molecule has 2 N–H and O–H groups in total. The number of hydrogen-bond acceptors (Lipinski definition) is 4. The van der Waals surface area contributed by atoms with Gasteiger partial charge in [-0.1, -0.05) is 17.7 Å². The fourth-order valence-electron chi connectivity index (χ4n) is 2.40. The van der Waals surface area contributed by atoms with Crippen molar-refractivity contribution in [1.82, 2.24) is 5.32 Å². The quantitative estimate of drug-likeness (QED) is 0.460. The number of imide groups is 1. The van der Waals surface area contributed by atoms with Crippen LogP contribution in [0.1, 0.15) is 20.7 Å². The summed E-state index contributed by atoms with van der Waals surface area (Å²) in [5, 5.41) is 4.65. The summed E-state index contributed by atoms with van der Waals surface area (Å²) >= 11 is 5.77. The standard InChI is InChI=1S/C21H13ClF2N2O4/c22-13-6-4-12(5-7-13)20(28)30-15-10-8-14(9-11-15)25-21(29)26-19(27)18-16(23)2-1-3-17(18)24/h1-11H,(H2,25,26,27,29). The first-order valence-electron chi connectivity index (χ1n) is 8.47. The van der Waals surface area contributed by atoms with Crippen LogP contribution < -0.4 is 15.4 Å². The molecule has 0 aliphatic carbocycles. The van der Waals surface area contributed by atoms with Crippen LogP contribution in [-0.2, 0) is 0 Å². The molecule has 152 valence electrons. The molecule has 3 aromatic carbocycles. The molecule has 0 heterocycles. The maximum Gasteiger partial charge on any atom is 0.343 e. The van der Waals surface area contributed by atoms with Gasteiger partial charge < -0.3 is 10.1 Å². The van der Waals surface area contributed by atoms with Crippen molar-refractivity contribution < 1.29 is 27.9 Å². The number of nitrogens with one attached hydrogen (secondary N) is 2. The van der Waals surface area contributed by atoms with Crippen molar-refractivity contribution in [3.05, 3.63) is 94.5 Å². The third-order valence-electron chi connectivity index (χ3n) is 3.82. The van der Waals surface area contributed by atoms with Crippen LogP contribution in [0.25, 0.3) is 0 Å². The highest BCUT2D eigenvalue weighted by atomic mass is 35.5. The van der Waals surface area contributed by atoms with Gasteiger partial charge in [0.15, 0.2) is 0 Å². The lowest BCUT2D eigenvalue weighted by Crippen LogP contribution is -2.35. The van der Waals surface area contributed by atoms with Gasteiger partial charge in [-0.3, -0.25) is 10.1 Å². The van der Waals surface area contributed by atoms with Crippen LogP contribution in [0.4, 0.5) is 19.3 Å². The van der Waals surface area contributed by atoms with Crippen LogP contribution in [-0.4, -0.2) is 17.9 Å². The summed E-state index contributed by atoms with van der Waals surface area (Å²) < 4.78 is 32.4. The summed E-state index contributed by atoms with van der Waals surface area (Å²) in [5.41, 5.74) is -0.308. The SMILES string of the molecule is O=C(NC(=O)c1c(F)cccc1F)Nc1ccc(OC(=O)c2ccc(Cl)cc2)cc1. The largest absolute Gasteiger partial charge is 0.423 e. The second-order valence-electron chi connectivity index (χ2n) is 5.93. The maximum absolute atomic E-state index is 13.6. The lowest BCUT2D eigenvalue weighted by Gasteiger charge is -2.09. The van der Waals surface area contributed by atoms with Crippen LogP contribution in [0.3, 0.4) is 0 Å². The zero-order valence-corrected chi connectivity index (χ0v) is 15.9. The van der Waals surface area contributed by atoms with E-state index in [-0.39, 0.29) is 11.4 Å². The van der Waals surface area contributed by atoms with E-state index >= 15 is 0 Å². The molecular formula is C21H13ClF2N2O4. The van der Waals surface area contributed by atoms with Gasteiger partial charge in [0.25, 0.3) is 5.91 Å². The second-order valence-corrected chi connectivity index (χ2v) is 6.36. The summed E-state index contributed by atoms with van der Waals surface area (Å²) in [5.74, 6) is -3.79. The minimum Gasteiger partial charge on any atom is -0.423 e. The van der Waals surface area contributed by atoms with Gasteiger partial charge in [-0.05, 0) is 60.7 Å². The number of rotatable bonds is 4. The predicted octanol–water partition coefficient (Wildman–Crippen LogP) is 4.80. The summed E-state index contributed by atoms with van der Waals surface area (Å²) in [6.45, 7) is 0. The van der Waals surface area contributed by atoms with E-state index in [0.29, 0.717) is 10.6 Å². The molecule has 30 heavy (non-hydrogen) atoms. The molecule has 3 amide bonds. The number of urea groups is 1.